The highest BCUT2D eigenvalue weighted by atomic mass is 32.2. The van der Waals surface area contributed by atoms with Crippen molar-refractivity contribution in [3.05, 3.63) is 52.8 Å². The number of para-hydroxylation sites is 1. The lowest BCUT2D eigenvalue weighted by molar-refractivity contribution is 0.619. The van der Waals surface area contributed by atoms with Gasteiger partial charge in [-0.15, -0.1) is 0 Å². The zero-order chi connectivity index (χ0) is 15.5. The molecule has 1 N–H and O–H groups in total. The highest BCUT2D eigenvalue weighted by molar-refractivity contribution is 7.99. The van der Waals surface area contributed by atoms with Crippen LogP contribution in [0.5, 0.6) is 0 Å². The number of rotatable bonds is 5. The highest BCUT2D eigenvalue weighted by Crippen LogP contribution is 2.32. The number of aromatic nitrogens is 4. The maximum Gasteiger partial charge on any atom is 0.258 e. The molecule has 0 aliphatic carbocycles. The van der Waals surface area contributed by atoms with Crippen molar-refractivity contribution in [2.45, 2.75) is 37.2 Å². The van der Waals surface area contributed by atoms with Gasteiger partial charge in [-0.25, -0.2) is 9.97 Å². The highest BCUT2D eigenvalue weighted by Gasteiger charge is 2.15. The summed E-state index contributed by atoms with van der Waals surface area (Å²) in [6, 6.07) is 7.39. The van der Waals surface area contributed by atoms with Gasteiger partial charge in [0.15, 0.2) is 5.16 Å². The van der Waals surface area contributed by atoms with Crippen molar-refractivity contribution >= 4 is 22.7 Å². The van der Waals surface area contributed by atoms with Crippen LogP contribution in [-0.2, 0) is 6.54 Å². The summed E-state index contributed by atoms with van der Waals surface area (Å²) in [6.45, 7) is 5.11. The molecule has 0 radical (unpaired) electrons. The molecule has 0 saturated heterocycles. The fourth-order valence-electron chi connectivity index (χ4n) is 2.34. The van der Waals surface area contributed by atoms with E-state index >= 15 is 0 Å². The molecule has 0 saturated carbocycles. The molecule has 114 valence electrons. The number of imidazole rings is 1. The second-order valence-corrected chi connectivity index (χ2v) is 6.44. The molecule has 3 rings (SSSR count). The molecule has 0 bridgehead atoms. The first-order valence-corrected chi connectivity index (χ1v) is 8.23. The number of fused-ring (bicyclic) bond motifs is 1. The van der Waals surface area contributed by atoms with Crippen LogP contribution in [0.25, 0.3) is 10.9 Å². The topological polar surface area (TPSA) is 63.6 Å². The number of thioether (sulfide) groups is 1. The fraction of sp³-hybridized carbons (Fsp3) is 0.312. The third-order valence-electron chi connectivity index (χ3n) is 3.44. The Kier molecular flexibility index (Phi) is 4.29. The number of H-pyrrole nitrogens is 1. The van der Waals surface area contributed by atoms with Gasteiger partial charge in [-0.05, 0) is 25.5 Å². The summed E-state index contributed by atoms with van der Waals surface area (Å²) in [7, 11) is 0. The van der Waals surface area contributed by atoms with Gasteiger partial charge in [0.1, 0.15) is 5.82 Å². The second-order valence-electron chi connectivity index (χ2n) is 5.13. The van der Waals surface area contributed by atoms with Gasteiger partial charge in [0.05, 0.1) is 16.2 Å². The molecule has 2 aromatic heterocycles. The van der Waals surface area contributed by atoms with E-state index in [-0.39, 0.29) is 10.8 Å². The van der Waals surface area contributed by atoms with E-state index in [9.17, 15) is 4.79 Å². The summed E-state index contributed by atoms with van der Waals surface area (Å²) in [5, 5.41) is 1.59. The van der Waals surface area contributed by atoms with Crippen LogP contribution in [0.3, 0.4) is 0 Å². The first kappa shape index (κ1) is 14.8. The van der Waals surface area contributed by atoms with Gasteiger partial charge in [0, 0.05) is 18.9 Å². The number of hydrogen-bond acceptors (Lipinski definition) is 4. The van der Waals surface area contributed by atoms with E-state index in [4.69, 9.17) is 0 Å². The maximum absolute atomic E-state index is 12.2. The number of hydrogen-bond donors (Lipinski definition) is 1. The molecule has 0 fully saturated rings. The zero-order valence-corrected chi connectivity index (χ0v) is 13.4. The predicted molar refractivity (Wildman–Crippen MR) is 89.2 cm³/mol. The summed E-state index contributed by atoms with van der Waals surface area (Å²) in [5.74, 6) is 0.680. The van der Waals surface area contributed by atoms with Crippen molar-refractivity contribution in [2.75, 3.05) is 0 Å². The Labute approximate surface area is 132 Å². The van der Waals surface area contributed by atoms with Crippen molar-refractivity contribution in [3.63, 3.8) is 0 Å². The Morgan fingerprint density at radius 3 is 3.00 bits per heavy atom. The van der Waals surface area contributed by atoms with Crippen LogP contribution in [0.15, 0.2) is 46.6 Å². The molecule has 0 amide bonds. The number of aromatic amines is 1. The maximum atomic E-state index is 12.2. The van der Waals surface area contributed by atoms with Crippen LogP contribution >= 0.6 is 11.8 Å². The monoisotopic (exact) mass is 314 g/mol. The molecular weight excluding hydrogens is 296 g/mol. The number of nitrogens with one attached hydrogen (secondary N) is 1. The fourth-order valence-corrected chi connectivity index (χ4v) is 3.28. The van der Waals surface area contributed by atoms with Crippen molar-refractivity contribution in [1.82, 2.24) is 19.5 Å². The number of nitrogens with zero attached hydrogens (tertiary/aromatic N) is 3. The second kappa shape index (κ2) is 6.36. The van der Waals surface area contributed by atoms with E-state index in [1.165, 1.54) is 0 Å². The Hall–Kier alpha value is -2.08. The first-order valence-electron chi connectivity index (χ1n) is 7.35. The lowest BCUT2D eigenvalue weighted by Gasteiger charge is -2.12. The minimum absolute atomic E-state index is 0.0234. The van der Waals surface area contributed by atoms with Crippen LogP contribution in [0.1, 0.15) is 31.3 Å². The van der Waals surface area contributed by atoms with Crippen molar-refractivity contribution in [3.8, 4) is 0 Å². The van der Waals surface area contributed by atoms with E-state index in [0.29, 0.717) is 11.2 Å². The minimum Gasteiger partial charge on any atom is -0.326 e. The van der Waals surface area contributed by atoms with E-state index in [2.05, 4.69) is 26.4 Å². The van der Waals surface area contributed by atoms with E-state index in [1.54, 1.807) is 24.0 Å². The molecule has 0 unspecified atom stereocenters. The zero-order valence-electron chi connectivity index (χ0n) is 12.6. The predicted octanol–water partition coefficient (Wildman–Crippen LogP) is 3.38. The molecule has 0 spiro atoms. The van der Waals surface area contributed by atoms with Crippen LogP contribution in [0.2, 0.25) is 0 Å². The van der Waals surface area contributed by atoms with E-state index < -0.39 is 0 Å². The Balaban J connectivity index is 1.90. The quantitative estimate of drug-likeness (QED) is 0.733. The molecular formula is C16H18N4OS. The van der Waals surface area contributed by atoms with E-state index in [0.717, 1.165) is 23.6 Å². The molecule has 0 aliphatic rings. The average molecular weight is 314 g/mol. The largest absolute Gasteiger partial charge is 0.326 e. The van der Waals surface area contributed by atoms with Crippen LogP contribution in [0.4, 0.5) is 0 Å². The third kappa shape index (κ3) is 2.92. The molecule has 2 heterocycles. The third-order valence-corrected chi connectivity index (χ3v) is 4.57. The van der Waals surface area contributed by atoms with Gasteiger partial charge in [-0.3, -0.25) is 4.79 Å². The summed E-state index contributed by atoms with van der Waals surface area (Å²) in [6.07, 6.45) is 4.85. The molecule has 1 aromatic carbocycles. The van der Waals surface area contributed by atoms with Gasteiger partial charge >= 0.3 is 0 Å². The van der Waals surface area contributed by atoms with Crippen LogP contribution < -0.4 is 5.56 Å². The smallest absolute Gasteiger partial charge is 0.258 e. The van der Waals surface area contributed by atoms with E-state index in [1.807, 2.05) is 31.3 Å². The molecule has 6 heteroatoms. The SMILES string of the molecule is CCCn1ccnc1S[C@@H](C)c1nc2ccccc2c(=O)[nH]1. The summed E-state index contributed by atoms with van der Waals surface area (Å²) < 4.78 is 2.13. The van der Waals surface area contributed by atoms with Crippen LogP contribution in [-0.4, -0.2) is 19.5 Å². The lowest BCUT2D eigenvalue weighted by atomic mass is 10.2. The minimum atomic E-state index is -0.0926. The Morgan fingerprint density at radius 2 is 2.18 bits per heavy atom. The molecule has 5 nitrogen and oxygen atoms in total. The summed E-state index contributed by atoms with van der Waals surface area (Å²) in [5.41, 5.74) is 0.635. The van der Waals surface area contributed by atoms with Gasteiger partial charge in [-0.2, -0.15) is 0 Å². The first-order chi connectivity index (χ1) is 10.7. The molecule has 22 heavy (non-hydrogen) atoms. The summed E-state index contributed by atoms with van der Waals surface area (Å²) >= 11 is 1.61. The molecule has 3 aromatic rings. The average Bonchev–Trinajstić information content (AvgIpc) is 2.95. The van der Waals surface area contributed by atoms with Crippen molar-refractivity contribution < 1.29 is 0 Å². The van der Waals surface area contributed by atoms with Crippen LogP contribution in [0, 0.1) is 0 Å². The van der Waals surface area contributed by atoms with Gasteiger partial charge in [0.2, 0.25) is 0 Å². The number of aryl methyl sites for hydroxylation is 1. The lowest BCUT2D eigenvalue weighted by Crippen LogP contribution is -2.13. The van der Waals surface area contributed by atoms with Gasteiger partial charge in [-0.1, -0.05) is 30.8 Å². The Morgan fingerprint density at radius 1 is 1.36 bits per heavy atom. The molecule has 1 atom stereocenters. The standard InChI is InChI=1S/C16H18N4OS/c1-3-9-20-10-8-17-16(20)22-11(2)14-18-13-7-5-4-6-12(13)15(21)19-14/h4-8,10-11H,3,9H2,1-2H3,(H,18,19,21)/t11-/m0/s1. The molecule has 0 aliphatic heterocycles. The van der Waals surface area contributed by atoms with Crippen molar-refractivity contribution in [2.24, 2.45) is 0 Å². The number of benzene rings is 1. The Bertz CT molecular complexity index is 839. The van der Waals surface area contributed by atoms with Crippen molar-refractivity contribution in [1.29, 1.82) is 0 Å². The van der Waals surface area contributed by atoms with Gasteiger partial charge in [0.25, 0.3) is 5.56 Å². The van der Waals surface area contributed by atoms with Gasteiger partial charge < -0.3 is 9.55 Å². The normalized spacial score (nSPS) is 12.6. The summed E-state index contributed by atoms with van der Waals surface area (Å²) in [4.78, 5) is 24.0.